The van der Waals surface area contributed by atoms with Crippen molar-refractivity contribution in [2.24, 2.45) is 0 Å². The van der Waals surface area contributed by atoms with E-state index in [2.05, 4.69) is 31.2 Å². The third-order valence-corrected chi connectivity index (χ3v) is 2.25. The number of rotatable bonds is 10. The minimum absolute atomic E-state index is 0.660. The summed E-state index contributed by atoms with van der Waals surface area (Å²) in [6.45, 7) is 2.22. The Morgan fingerprint density at radius 3 is 1.80 bits per heavy atom. The molecule has 15 heavy (non-hydrogen) atoms. The molecule has 0 bridgehead atoms. The van der Waals surface area contributed by atoms with Crippen molar-refractivity contribution in [3.8, 4) is 0 Å². The van der Waals surface area contributed by atoms with Crippen LogP contribution >= 0.6 is 0 Å². The molecule has 0 aliphatic heterocycles. The number of carbonyl (C=O) groups is 1. The van der Waals surface area contributed by atoms with E-state index in [1.807, 2.05) is 0 Å². The van der Waals surface area contributed by atoms with Crippen molar-refractivity contribution in [3.63, 3.8) is 0 Å². The predicted molar refractivity (Wildman–Crippen MR) is 67.0 cm³/mol. The highest BCUT2D eigenvalue weighted by Gasteiger charge is 1.82. The molecule has 0 radical (unpaired) electrons. The van der Waals surface area contributed by atoms with Crippen LogP contribution < -0.4 is 0 Å². The van der Waals surface area contributed by atoms with Gasteiger partial charge in [-0.1, -0.05) is 44.1 Å². The smallest absolute Gasteiger partial charge is 0.120 e. The SMILES string of the molecule is CCCCC=CCCCC=CCCC=O. The predicted octanol–water partition coefficient (Wildman–Crippen LogP) is 4.44. The summed E-state index contributed by atoms with van der Waals surface area (Å²) in [5.74, 6) is 0. The molecule has 0 aliphatic carbocycles. The fourth-order valence-corrected chi connectivity index (χ4v) is 1.31. The van der Waals surface area contributed by atoms with Crippen molar-refractivity contribution >= 4 is 6.29 Å². The highest BCUT2D eigenvalue weighted by atomic mass is 16.1. The van der Waals surface area contributed by atoms with Gasteiger partial charge >= 0.3 is 0 Å². The Labute approximate surface area is 94.3 Å². The molecule has 0 saturated carbocycles. The maximum Gasteiger partial charge on any atom is 0.120 e. The van der Waals surface area contributed by atoms with E-state index in [1.54, 1.807) is 0 Å². The first kappa shape index (κ1) is 14.2. The monoisotopic (exact) mass is 208 g/mol. The van der Waals surface area contributed by atoms with Crippen LogP contribution in [0.1, 0.15) is 58.3 Å². The van der Waals surface area contributed by atoms with Gasteiger partial charge in [-0.2, -0.15) is 0 Å². The molecule has 86 valence electrons. The largest absolute Gasteiger partial charge is 0.303 e. The fourth-order valence-electron chi connectivity index (χ4n) is 1.31. The summed E-state index contributed by atoms with van der Waals surface area (Å²) < 4.78 is 0. The molecule has 0 amide bonds. The number of hydrogen-bond donors (Lipinski definition) is 0. The molecule has 0 aromatic rings. The van der Waals surface area contributed by atoms with Crippen LogP contribution in [0.4, 0.5) is 0 Å². The van der Waals surface area contributed by atoms with Crippen LogP contribution in [0.25, 0.3) is 0 Å². The van der Waals surface area contributed by atoms with Gasteiger partial charge in [0.15, 0.2) is 0 Å². The van der Waals surface area contributed by atoms with Crippen molar-refractivity contribution in [1.29, 1.82) is 0 Å². The van der Waals surface area contributed by atoms with Gasteiger partial charge < -0.3 is 4.79 Å². The molecule has 0 atom stereocenters. The zero-order valence-corrected chi connectivity index (χ0v) is 9.95. The van der Waals surface area contributed by atoms with Gasteiger partial charge in [-0.15, -0.1) is 0 Å². The first-order chi connectivity index (χ1) is 7.41. The molecule has 1 heteroatoms. The van der Waals surface area contributed by atoms with Crippen LogP contribution in [0, 0.1) is 0 Å². The third kappa shape index (κ3) is 13.2. The van der Waals surface area contributed by atoms with Crippen molar-refractivity contribution in [3.05, 3.63) is 24.3 Å². The molecule has 0 unspecified atom stereocenters. The van der Waals surface area contributed by atoms with Crippen LogP contribution in [0.2, 0.25) is 0 Å². The normalized spacial score (nSPS) is 11.5. The average molecular weight is 208 g/mol. The molecule has 0 aromatic heterocycles. The lowest BCUT2D eigenvalue weighted by atomic mass is 10.2. The average Bonchev–Trinajstić information content (AvgIpc) is 2.26. The van der Waals surface area contributed by atoms with Gasteiger partial charge in [0.1, 0.15) is 6.29 Å². The first-order valence-corrected chi connectivity index (χ1v) is 6.15. The molecule has 0 saturated heterocycles. The van der Waals surface area contributed by atoms with E-state index >= 15 is 0 Å². The summed E-state index contributed by atoms with van der Waals surface area (Å²) in [5.41, 5.74) is 0. The second kappa shape index (κ2) is 13.2. The molecule has 0 heterocycles. The summed E-state index contributed by atoms with van der Waals surface area (Å²) >= 11 is 0. The Hall–Kier alpha value is -0.850. The Morgan fingerprint density at radius 2 is 1.27 bits per heavy atom. The first-order valence-electron chi connectivity index (χ1n) is 6.15. The molecule has 1 nitrogen and oxygen atoms in total. The van der Waals surface area contributed by atoms with Crippen LogP contribution in [0.3, 0.4) is 0 Å². The van der Waals surface area contributed by atoms with Gasteiger partial charge in [-0.3, -0.25) is 0 Å². The molecule has 0 spiro atoms. The molecule has 0 N–H and O–H groups in total. The molecule has 0 aromatic carbocycles. The summed E-state index contributed by atoms with van der Waals surface area (Å²) in [6, 6.07) is 0. The molecule has 0 aliphatic rings. The Morgan fingerprint density at radius 1 is 0.733 bits per heavy atom. The van der Waals surface area contributed by atoms with E-state index in [9.17, 15) is 4.79 Å². The summed E-state index contributed by atoms with van der Waals surface area (Å²) in [4.78, 5) is 10.0. The van der Waals surface area contributed by atoms with Crippen LogP contribution in [0.5, 0.6) is 0 Å². The second-order valence-electron chi connectivity index (χ2n) is 3.76. The number of hydrogen-bond acceptors (Lipinski definition) is 1. The van der Waals surface area contributed by atoms with Gasteiger partial charge in [-0.25, -0.2) is 0 Å². The summed E-state index contributed by atoms with van der Waals surface area (Å²) in [6.07, 6.45) is 18.8. The lowest BCUT2D eigenvalue weighted by Gasteiger charge is -1.91. The number of allylic oxidation sites excluding steroid dienone is 4. The standard InChI is InChI=1S/C14H24O/c1-2-3-4-5-6-7-8-9-10-11-12-13-14-15/h5-6,10-11,14H,2-4,7-9,12-13H2,1H3. The van der Waals surface area contributed by atoms with Crippen molar-refractivity contribution in [2.45, 2.75) is 58.3 Å². The maximum atomic E-state index is 10.0. The molecular formula is C14H24O. The van der Waals surface area contributed by atoms with Crippen molar-refractivity contribution in [2.75, 3.05) is 0 Å². The van der Waals surface area contributed by atoms with Gasteiger partial charge in [0, 0.05) is 6.42 Å². The lowest BCUT2D eigenvalue weighted by Crippen LogP contribution is -1.73. The topological polar surface area (TPSA) is 17.1 Å². The van der Waals surface area contributed by atoms with Crippen LogP contribution in [-0.2, 0) is 4.79 Å². The molecular weight excluding hydrogens is 184 g/mol. The third-order valence-electron chi connectivity index (χ3n) is 2.25. The minimum atomic E-state index is 0.660. The zero-order valence-electron chi connectivity index (χ0n) is 9.95. The second-order valence-corrected chi connectivity index (χ2v) is 3.76. The van der Waals surface area contributed by atoms with E-state index in [0.29, 0.717) is 6.42 Å². The lowest BCUT2D eigenvalue weighted by molar-refractivity contribution is -0.107. The van der Waals surface area contributed by atoms with Crippen LogP contribution in [-0.4, -0.2) is 6.29 Å². The minimum Gasteiger partial charge on any atom is -0.303 e. The fraction of sp³-hybridized carbons (Fsp3) is 0.643. The van der Waals surface area contributed by atoms with Crippen molar-refractivity contribution in [1.82, 2.24) is 0 Å². The van der Waals surface area contributed by atoms with Gasteiger partial charge in [-0.05, 0) is 32.1 Å². The van der Waals surface area contributed by atoms with Gasteiger partial charge in [0.25, 0.3) is 0 Å². The van der Waals surface area contributed by atoms with Crippen molar-refractivity contribution < 1.29 is 4.79 Å². The number of carbonyl (C=O) groups excluding carboxylic acids is 1. The Kier molecular flexibility index (Phi) is 12.4. The van der Waals surface area contributed by atoms with E-state index in [-0.39, 0.29) is 0 Å². The van der Waals surface area contributed by atoms with Gasteiger partial charge in [0.2, 0.25) is 0 Å². The highest BCUT2D eigenvalue weighted by molar-refractivity contribution is 5.49. The Bertz CT molecular complexity index is 180. The number of aldehydes is 1. The van der Waals surface area contributed by atoms with E-state index in [1.165, 1.54) is 32.1 Å². The highest BCUT2D eigenvalue weighted by Crippen LogP contribution is 2.01. The van der Waals surface area contributed by atoms with Crippen LogP contribution in [0.15, 0.2) is 24.3 Å². The molecule has 0 fully saturated rings. The Balaban J connectivity index is 3.13. The summed E-state index contributed by atoms with van der Waals surface area (Å²) in [5, 5.41) is 0. The molecule has 0 rings (SSSR count). The number of unbranched alkanes of at least 4 members (excludes halogenated alkanes) is 5. The maximum absolute atomic E-state index is 10.0. The quantitative estimate of drug-likeness (QED) is 0.295. The zero-order chi connectivity index (χ0) is 11.2. The summed E-state index contributed by atoms with van der Waals surface area (Å²) in [7, 11) is 0. The van der Waals surface area contributed by atoms with E-state index in [4.69, 9.17) is 0 Å². The van der Waals surface area contributed by atoms with E-state index < -0.39 is 0 Å². The van der Waals surface area contributed by atoms with E-state index in [0.717, 1.165) is 19.1 Å². The van der Waals surface area contributed by atoms with Gasteiger partial charge in [0.05, 0.1) is 0 Å².